The van der Waals surface area contributed by atoms with Crippen molar-refractivity contribution < 1.29 is 32.2 Å². The van der Waals surface area contributed by atoms with Crippen molar-refractivity contribution in [2.75, 3.05) is 31.6 Å². The van der Waals surface area contributed by atoms with E-state index in [1.807, 2.05) is 18.2 Å². The zero-order valence-corrected chi connectivity index (χ0v) is 18.0. The van der Waals surface area contributed by atoms with Crippen LogP contribution in [-0.4, -0.2) is 59.0 Å². The number of benzene rings is 1. The van der Waals surface area contributed by atoms with Gasteiger partial charge in [-0.2, -0.15) is 13.2 Å². The minimum absolute atomic E-state index is 0.0316. The van der Waals surface area contributed by atoms with Crippen molar-refractivity contribution >= 4 is 11.7 Å². The molecule has 2 aliphatic rings. The first-order valence-electron chi connectivity index (χ1n) is 10.7. The maximum Gasteiger partial charge on any atom is 0.490 e. The maximum absolute atomic E-state index is 13.4. The first-order valence-corrected chi connectivity index (χ1v) is 10.7. The molecule has 180 valence electrons. The molecule has 1 aromatic carbocycles. The molecule has 2 unspecified atom stereocenters. The number of anilines is 1. The van der Waals surface area contributed by atoms with E-state index in [0.717, 1.165) is 63.3 Å². The van der Waals surface area contributed by atoms with Crippen LogP contribution in [0, 0.1) is 11.7 Å². The summed E-state index contributed by atoms with van der Waals surface area (Å²) in [6.07, 6.45) is 1.88. The molecule has 2 fully saturated rings. The topological polar surface area (TPSA) is 74.7 Å². The van der Waals surface area contributed by atoms with Crippen LogP contribution in [0.5, 0.6) is 0 Å². The summed E-state index contributed by atoms with van der Waals surface area (Å²) in [4.78, 5) is 15.4. The van der Waals surface area contributed by atoms with Crippen molar-refractivity contribution in [2.45, 2.75) is 37.6 Å². The summed E-state index contributed by atoms with van der Waals surface area (Å²) < 4.78 is 51.5. The number of carbonyl (C=O) groups is 1. The number of pyridine rings is 1. The van der Waals surface area contributed by atoms with Gasteiger partial charge < -0.3 is 15.2 Å². The van der Waals surface area contributed by atoms with Gasteiger partial charge in [-0.3, -0.25) is 9.88 Å². The Hall–Kier alpha value is -2.72. The molecule has 1 spiro atoms. The SMILES string of the molecule is Fc1cccc(CN2CCCC3(CC(CNc4ccncc4)CO3)C2)c1.O=C(O)C(F)(F)F. The summed E-state index contributed by atoms with van der Waals surface area (Å²) >= 11 is 0. The van der Waals surface area contributed by atoms with Gasteiger partial charge in [-0.15, -0.1) is 0 Å². The number of ether oxygens (including phenoxy) is 1. The van der Waals surface area contributed by atoms with E-state index in [9.17, 15) is 17.6 Å². The Bertz CT molecular complexity index is 913. The van der Waals surface area contributed by atoms with Crippen molar-refractivity contribution in [1.82, 2.24) is 9.88 Å². The summed E-state index contributed by atoms with van der Waals surface area (Å²) in [5.41, 5.74) is 2.11. The fourth-order valence-corrected chi connectivity index (χ4v) is 4.30. The predicted molar refractivity (Wildman–Crippen MR) is 114 cm³/mol. The van der Waals surface area contributed by atoms with Gasteiger partial charge in [0.25, 0.3) is 0 Å². The smallest absolute Gasteiger partial charge is 0.475 e. The van der Waals surface area contributed by atoms with Crippen LogP contribution in [0.3, 0.4) is 0 Å². The van der Waals surface area contributed by atoms with Crippen LogP contribution in [0.15, 0.2) is 48.8 Å². The number of rotatable bonds is 5. The number of carboxylic acid groups (broad SMARTS) is 1. The Labute approximate surface area is 189 Å². The van der Waals surface area contributed by atoms with E-state index in [1.165, 1.54) is 6.07 Å². The first-order chi connectivity index (χ1) is 15.7. The normalized spacial score (nSPS) is 23.1. The van der Waals surface area contributed by atoms with Gasteiger partial charge in [-0.1, -0.05) is 12.1 Å². The second kappa shape index (κ2) is 10.9. The number of halogens is 4. The van der Waals surface area contributed by atoms with Crippen LogP contribution < -0.4 is 5.32 Å². The molecule has 1 aromatic heterocycles. The third-order valence-corrected chi connectivity index (χ3v) is 5.72. The monoisotopic (exact) mass is 469 g/mol. The summed E-state index contributed by atoms with van der Waals surface area (Å²) in [6.45, 7) is 4.53. The van der Waals surface area contributed by atoms with Crippen molar-refractivity contribution in [2.24, 2.45) is 5.92 Å². The first kappa shape index (κ1) is 24.9. The fourth-order valence-electron chi connectivity index (χ4n) is 4.30. The lowest BCUT2D eigenvalue weighted by Crippen LogP contribution is -2.47. The van der Waals surface area contributed by atoms with Crippen LogP contribution in [-0.2, 0) is 16.1 Å². The minimum atomic E-state index is -5.08. The fraction of sp³-hybridized carbons (Fsp3) is 0.478. The number of aliphatic carboxylic acids is 1. The van der Waals surface area contributed by atoms with Crippen LogP contribution >= 0.6 is 0 Å². The summed E-state index contributed by atoms with van der Waals surface area (Å²) in [6, 6.07) is 10.9. The van der Waals surface area contributed by atoms with Crippen LogP contribution in [0.2, 0.25) is 0 Å². The Morgan fingerprint density at radius 1 is 1.27 bits per heavy atom. The third kappa shape index (κ3) is 7.68. The Balaban J connectivity index is 0.000000383. The standard InChI is InChI=1S/C21H26FN3O.C2HF3O2/c22-19-4-1-3-17(11-19)14-25-10-2-7-21(16-25)12-18(15-26-21)13-24-20-5-8-23-9-6-20;3-2(4,5)1(6)7/h1,3-6,8-9,11,18H,2,7,10,12-16H2,(H,23,24);(H,6,7). The van der Waals surface area contributed by atoms with Gasteiger partial charge in [0.15, 0.2) is 0 Å². The van der Waals surface area contributed by atoms with E-state index >= 15 is 0 Å². The van der Waals surface area contributed by atoms with Crippen molar-refractivity contribution in [3.8, 4) is 0 Å². The number of piperidine rings is 1. The highest BCUT2D eigenvalue weighted by Crippen LogP contribution is 2.38. The Kier molecular flexibility index (Phi) is 8.25. The number of nitrogens with one attached hydrogen (secondary N) is 1. The molecular formula is C23H27F4N3O3. The van der Waals surface area contributed by atoms with Gasteiger partial charge in [0, 0.05) is 43.6 Å². The highest BCUT2D eigenvalue weighted by Gasteiger charge is 2.43. The van der Waals surface area contributed by atoms with Crippen molar-refractivity contribution in [3.63, 3.8) is 0 Å². The minimum Gasteiger partial charge on any atom is -0.475 e. The number of nitrogens with zero attached hydrogens (tertiary/aromatic N) is 2. The van der Waals surface area contributed by atoms with E-state index in [1.54, 1.807) is 24.5 Å². The zero-order chi connectivity index (χ0) is 23.9. The van der Waals surface area contributed by atoms with Crippen LogP contribution in [0.1, 0.15) is 24.8 Å². The summed E-state index contributed by atoms with van der Waals surface area (Å²) in [7, 11) is 0. The van der Waals surface area contributed by atoms with Crippen LogP contribution in [0.4, 0.5) is 23.2 Å². The molecule has 0 amide bonds. The van der Waals surface area contributed by atoms with Gasteiger partial charge in [-0.05, 0) is 55.6 Å². The lowest BCUT2D eigenvalue weighted by atomic mass is 9.86. The average Bonchev–Trinajstić information content (AvgIpc) is 3.15. The maximum atomic E-state index is 13.4. The molecular weight excluding hydrogens is 442 g/mol. The van der Waals surface area contributed by atoms with E-state index in [4.69, 9.17) is 14.6 Å². The molecule has 6 nitrogen and oxygen atoms in total. The molecule has 2 aliphatic heterocycles. The van der Waals surface area contributed by atoms with E-state index in [2.05, 4.69) is 15.2 Å². The molecule has 2 N–H and O–H groups in total. The molecule has 0 radical (unpaired) electrons. The van der Waals surface area contributed by atoms with Crippen molar-refractivity contribution in [1.29, 1.82) is 0 Å². The van der Waals surface area contributed by atoms with Gasteiger partial charge in [0.2, 0.25) is 0 Å². The molecule has 0 saturated carbocycles. The van der Waals surface area contributed by atoms with Crippen LogP contribution in [0.25, 0.3) is 0 Å². The molecule has 2 saturated heterocycles. The molecule has 10 heteroatoms. The number of alkyl halides is 3. The number of likely N-dealkylation sites (tertiary alicyclic amines) is 1. The second-order valence-corrected chi connectivity index (χ2v) is 8.43. The van der Waals surface area contributed by atoms with Gasteiger partial charge in [-0.25, -0.2) is 9.18 Å². The van der Waals surface area contributed by atoms with Gasteiger partial charge >= 0.3 is 12.1 Å². The molecule has 2 aromatic rings. The summed E-state index contributed by atoms with van der Waals surface area (Å²) in [5, 5.41) is 10.6. The van der Waals surface area contributed by atoms with E-state index in [0.29, 0.717) is 5.92 Å². The lowest BCUT2D eigenvalue weighted by molar-refractivity contribution is -0.192. The molecule has 0 aliphatic carbocycles. The molecule has 2 atom stereocenters. The Morgan fingerprint density at radius 3 is 2.67 bits per heavy atom. The highest BCUT2D eigenvalue weighted by atomic mass is 19.4. The molecule has 4 rings (SSSR count). The van der Waals surface area contributed by atoms with E-state index in [-0.39, 0.29) is 11.4 Å². The number of aromatic nitrogens is 1. The number of hydrogen-bond donors (Lipinski definition) is 2. The molecule has 33 heavy (non-hydrogen) atoms. The average molecular weight is 469 g/mol. The highest BCUT2D eigenvalue weighted by molar-refractivity contribution is 5.73. The second-order valence-electron chi connectivity index (χ2n) is 8.43. The van der Waals surface area contributed by atoms with E-state index < -0.39 is 12.1 Å². The Morgan fingerprint density at radius 2 is 2.00 bits per heavy atom. The molecule has 3 heterocycles. The number of carboxylic acids is 1. The predicted octanol–water partition coefficient (Wildman–Crippen LogP) is 4.34. The quantitative estimate of drug-likeness (QED) is 0.635. The number of hydrogen-bond acceptors (Lipinski definition) is 5. The van der Waals surface area contributed by atoms with Gasteiger partial charge in [0.05, 0.1) is 12.2 Å². The van der Waals surface area contributed by atoms with Gasteiger partial charge in [0.1, 0.15) is 5.82 Å². The zero-order valence-electron chi connectivity index (χ0n) is 18.0. The molecule has 0 bridgehead atoms. The summed E-state index contributed by atoms with van der Waals surface area (Å²) in [5.74, 6) is -2.39. The van der Waals surface area contributed by atoms with Crippen molar-refractivity contribution in [3.05, 3.63) is 60.2 Å². The third-order valence-electron chi connectivity index (χ3n) is 5.72. The largest absolute Gasteiger partial charge is 0.490 e. The lowest BCUT2D eigenvalue weighted by Gasteiger charge is -2.40.